The molecule has 5 nitrogen and oxygen atoms in total. The third-order valence-electron chi connectivity index (χ3n) is 2.50. The Morgan fingerprint density at radius 3 is 2.45 bits per heavy atom. The molecule has 102 valence electrons. The SMILES string of the molecule is CC(C)(C#N)Nc1cc(Nc2ccc(Br)cc2)ncn1. The zero-order valence-corrected chi connectivity index (χ0v) is 12.8. The second-order valence-electron chi connectivity index (χ2n) is 4.78. The predicted molar refractivity (Wildman–Crippen MR) is 82.8 cm³/mol. The van der Waals surface area contributed by atoms with Gasteiger partial charge in [0.1, 0.15) is 23.5 Å². The molecule has 2 N–H and O–H groups in total. The summed E-state index contributed by atoms with van der Waals surface area (Å²) in [5.74, 6) is 1.27. The van der Waals surface area contributed by atoms with Gasteiger partial charge in [-0.1, -0.05) is 15.9 Å². The highest BCUT2D eigenvalue weighted by Gasteiger charge is 2.16. The fourth-order valence-electron chi connectivity index (χ4n) is 1.52. The van der Waals surface area contributed by atoms with Gasteiger partial charge in [0.25, 0.3) is 0 Å². The zero-order valence-electron chi connectivity index (χ0n) is 11.2. The van der Waals surface area contributed by atoms with Gasteiger partial charge in [0.15, 0.2) is 0 Å². The molecule has 0 atom stereocenters. The van der Waals surface area contributed by atoms with Gasteiger partial charge in [0.2, 0.25) is 0 Å². The number of rotatable bonds is 4. The molecular weight excluding hydrogens is 318 g/mol. The molecule has 0 aliphatic heterocycles. The van der Waals surface area contributed by atoms with Crippen LogP contribution in [0.3, 0.4) is 0 Å². The van der Waals surface area contributed by atoms with Crippen LogP contribution in [-0.2, 0) is 0 Å². The van der Waals surface area contributed by atoms with E-state index in [-0.39, 0.29) is 0 Å². The van der Waals surface area contributed by atoms with Gasteiger partial charge in [-0.2, -0.15) is 5.26 Å². The Kier molecular flexibility index (Phi) is 4.20. The van der Waals surface area contributed by atoms with Crippen molar-refractivity contribution in [2.75, 3.05) is 10.6 Å². The van der Waals surface area contributed by atoms with Crippen LogP contribution in [0.1, 0.15) is 13.8 Å². The Labute approximate surface area is 126 Å². The fourth-order valence-corrected chi connectivity index (χ4v) is 1.79. The Morgan fingerprint density at radius 2 is 1.80 bits per heavy atom. The van der Waals surface area contributed by atoms with Crippen molar-refractivity contribution in [3.8, 4) is 6.07 Å². The average Bonchev–Trinajstić information content (AvgIpc) is 2.41. The number of aromatic nitrogens is 2. The van der Waals surface area contributed by atoms with E-state index < -0.39 is 5.54 Å². The van der Waals surface area contributed by atoms with Crippen molar-refractivity contribution in [3.05, 3.63) is 41.1 Å². The van der Waals surface area contributed by atoms with Gasteiger partial charge >= 0.3 is 0 Å². The van der Waals surface area contributed by atoms with Gasteiger partial charge in [-0.25, -0.2) is 9.97 Å². The molecule has 0 bridgehead atoms. The van der Waals surface area contributed by atoms with E-state index in [2.05, 4.69) is 42.6 Å². The first kappa shape index (κ1) is 14.3. The van der Waals surface area contributed by atoms with Crippen LogP contribution in [0.4, 0.5) is 17.3 Å². The minimum atomic E-state index is -0.677. The van der Waals surface area contributed by atoms with E-state index in [1.165, 1.54) is 6.33 Å². The Bertz CT molecular complexity index is 631. The molecule has 1 aromatic carbocycles. The van der Waals surface area contributed by atoms with E-state index in [9.17, 15) is 0 Å². The number of hydrogen-bond donors (Lipinski definition) is 2. The summed E-state index contributed by atoms with van der Waals surface area (Å²) in [4.78, 5) is 8.26. The smallest absolute Gasteiger partial charge is 0.135 e. The largest absolute Gasteiger partial charge is 0.352 e. The summed E-state index contributed by atoms with van der Waals surface area (Å²) in [6, 6.07) is 11.7. The first-order valence-corrected chi connectivity index (χ1v) is 6.82. The van der Waals surface area contributed by atoms with Crippen molar-refractivity contribution >= 4 is 33.3 Å². The lowest BCUT2D eigenvalue weighted by atomic mass is 10.1. The van der Waals surface area contributed by atoms with Gasteiger partial charge in [0.05, 0.1) is 6.07 Å². The maximum atomic E-state index is 9.01. The van der Waals surface area contributed by atoms with Gasteiger partial charge in [0, 0.05) is 16.2 Å². The third kappa shape index (κ3) is 3.93. The Hall–Kier alpha value is -2.13. The second-order valence-corrected chi connectivity index (χ2v) is 5.70. The minimum Gasteiger partial charge on any atom is -0.352 e. The van der Waals surface area contributed by atoms with Crippen LogP contribution < -0.4 is 10.6 Å². The second kappa shape index (κ2) is 5.88. The maximum Gasteiger partial charge on any atom is 0.135 e. The molecule has 2 rings (SSSR count). The third-order valence-corrected chi connectivity index (χ3v) is 3.03. The Morgan fingerprint density at radius 1 is 1.15 bits per heavy atom. The van der Waals surface area contributed by atoms with Gasteiger partial charge in [-0.05, 0) is 38.1 Å². The van der Waals surface area contributed by atoms with Crippen molar-refractivity contribution in [2.24, 2.45) is 0 Å². The number of halogens is 1. The van der Waals surface area contributed by atoms with Crippen molar-refractivity contribution in [2.45, 2.75) is 19.4 Å². The molecule has 20 heavy (non-hydrogen) atoms. The van der Waals surface area contributed by atoms with E-state index in [0.29, 0.717) is 11.6 Å². The number of hydrogen-bond acceptors (Lipinski definition) is 5. The number of anilines is 3. The van der Waals surface area contributed by atoms with E-state index in [0.717, 1.165) is 10.2 Å². The molecule has 0 saturated heterocycles. The van der Waals surface area contributed by atoms with Crippen LogP contribution in [-0.4, -0.2) is 15.5 Å². The molecular formula is C14H14BrN5. The molecule has 0 aliphatic carbocycles. The summed E-state index contributed by atoms with van der Waals surface area (Å²) < 4.78 is 1.02. The first-order chi connectivity index (χ1) is 9.48. The molecule has 1 heterocycles. The number of nitriles is 1. The average molecular weight is 332 g/mol. The summed E-state index contributed by atoms with van der Waals surface area (Å²) >= 11 is 3.39. The van der Waals surface area contributed by atoms with E-state index in [1.54, 1.807) is 19.9 Å². The summed E-state index contributed by atoms with van der Waals surface area (Å²) in [5, 5.41) is 15.2. The molecule has 0 radical (unpaired) electrons. The van der Waals surface area contributed by atoms with Crippen LogP contribution in [0.15, 0.2) is 41.1 Å². The van der Waals surface area contributed by atoms with Crippen LogP contribution in [0.5, 0.6) is 0 Å². The highest BCUT2D eigenvalue weighted by molar-refractivity contribution is 9.10. The molecule has 6 heteroatoms. The lowest BCUT2D eigenvalue weighted by Gasteiger charge is -2.18. The molecule has 0 amide bonds. The van der Waals surface area contributed by atoms with Gasteiger partial charge < -0.3 is 10.6 Å². The van der Waals surface area contributed by atoms with Crippen molar-refractivity contribution in [3.63, 3.8) is 0 Å². The van der Waals surface area contributed by atoms with Gasteiger partial charge in [-0.3, -0.25) is 0 Å². The topological polar surface area (TPSA) is 73.6 Å². The highest BCUT2D eigenvalue weighted by atomic mass is 79.9. The van der Waals surface area contributed by atoms with E-state index in [4.69, 9.17) is 5.26 Å². The highest BCUT2D eigenvalue weighted by Crippen LogP contribution is 2.20. The standard InChI is InChI=1S/C14H14BrN5/c1-14(2,8-16)20-13-7-12(17-9-18-13)19-11-5-3-10(15)4-6-11/h3-7,9H,1-2H3,(H2,17,18,19,20). The van der Waals surface area contributed by atoms with Crippen molar-refractivity contribution in [1.29, 1.82) is 5.26 Å². The maximum absolute atomic E-state index is 9.01. The number of nitrogens with zero attached hydrogens (tertiary/aromatic N) is 3. The first-order valence-electron chi connectivity index (χ1n) is 6.02. The molecule has 0 unspecified atom stereocenters. The van der Waals surface area contributed by atoms with Crippen molar-refractivity contribution in [1.82, 2.24) is 9.97 Å². The molecule has 2 aromatic rings. The number of nitrogens with one attached hydrogen (secondary N) is 2. The molecule has 0 aliphatic rings. The van der Waals surface area contributed by atoms with Crippen LogP contribution in [0, 0.1) is 11.3 Å². The summed E-state index contributed by atoms with van der Waals surface area (Å²) in [7, 11) is 0. The molecule has 0 fully saturated rings. The number of benzene rings is 1. The fraction of sp³-hybridized carbons (Fsp3) is 0.214. The minimum absolute atomic E-state index is 0.603. The summed E-state index contributed by atoms with van der Waals surface area (Å²) in [6.07, 6.45) is 1.46. The van der Waals surface area contributed by atoms with Crippen molar-refractivity contribution < 1.29 is 0 Å². The lowest BCUT2D eigenvalue weighted by Crippen LogP contribution is -2.28. The quantitative estimate of drug-likeness (QED) is 0.893. The van der Waals surface area contributed by atoms with E-state index >= 15 is 0 Å². The zero-order chi connectivity index (χ0) is 14.6. The van der Waals surface area contributed by atoms with Crippen LogP contribution in [0.2, 0.25) is 0 Å². The normalized spacial score (nSPS) is 10.7. The molecule has 1 aromatic heterocycles. The van der Waals surface area contributed by atoms with Crippen LogP contribution in [0.25, 0.3) is 0 Å². The molecule has 0 saturated carbocycles. The van der Waals surface area contributed by atoms with E-state index in [1.807, 2.05) is 24.3 Å². The monoisotopic (exact) mass is 331 g/mol. The molecule has 0 spiro atoms. The van der Waals surface area contributed by atoms with Gasteiger partial charge in [-0.15, -0.1) is 0 Å². The summed E-state index contributed by atoms with van der Waals surface area (Å²) in [5.41, 5.74) is 0.251. The Balaban J connectivity index is 2.14. The lowest BCUT2D eigenvalue weighted by molar-refractivity contribution is 0.723. The van der Waals surface area contributed by atoms with Crippen LogP contribution >= 0.6 is 15.9 Å². The predicted octanol–water partition coefficient (Wildman–Crippen LogP) is 3.70. The summed E-state index contributed by atoms with van der Waals surface area (Å²) in [6.45, 7) is 3.58.